The maximum atomic E-state index is 12.0. The van der Waals surface area contributed by atoms with Crippen molar-refractivity contribution in [3.8, 4) is 0 Å². The van der Waals surface area contributed by atoms with Gasteiger partial charge in [0.2, 0.25) is 5.91 Å². The lowest BCUT2D eigenvalue weighted by Gasteiger charge is -2.24. The standard InChI is InChI=1S/C14H16ClNO4/c15-10-6-4-9(5-7-10)12(14(18)19)16-13(17)11-3-1-2-8-20-11/h4-7,11-12H,1-3,8H2,(H,16,17)(H,18,19). The highest BCUT2D eigenvalue weighted by Gasteiger charge is 2.28. The molecule has 0 aromatic heterocycles. The maximum absolute atomic E-state index is 12.0. The summed E-state index contributed by atoms with van der Waals surface area (Å²) in [5, 5.41) is 12.3. The van der Waals surface area contributed by atoms with Crippen molar-refractivity contribution < 1.29 is 19.4 Å². The zero-order chi connectivity index (χ0) is 14.5. The number of hydrogen-bond donors (Lipinski definition) is 2. The van der Waals surface area contributed by atoms with Gasteiger partial charge in [0.25, 0.3) is 0 Å². The monoisotopic (exact) mass is 297 g/mol. The number of rotatable bonds is 4. The minimum atomic E-state index is -1.11. The first-order valence-corrected chi connectivity index (χ1v) is 6.86. The van der Waals surface area contributed by atoms with Crippen molar-refractivity contribution in [3.05, 3.63) is 34.9 Å². The van der Waals surface area contributed by atoms with E-state index in [1.807, 2.05) is 0 Å². The molecule has 1 aliphatic rings. The number of hydrogen-bond acceptors (Lipinski definition) is 3. The largest absolute Gasteiger partial charge is 0.479 e. The summed E-state index contributed by atoms with van der Waals surface area (Å²) < 4.78 is 5.35. The lowest BCUT2D eigenvalue weighted by atomic mass is 10.0. The van der Waals surface area contributed by atoms with E-state index in [0.29, 0.717) is 23.6 Å². The number of benzene rings is 1. The molecule has 20 heavy (non-hydrogen) atoms. The van der Waals surface area contributed by atoms with Crippen molar-refractivity contribution in [2.75, 3.05) is 6.61 Å². The van der Waals surface area contributed by atoms with E-state index in [-0.39, 0.29) is 5.91 Å². The highest BCUT2D eigenvalue weighted by atomic mass is 35.5. The van der Waals surface area contributed by atoms with Gasteiger partial charge >= 0.3 is 5.97 Å². The first-order valence-electron chi connectivity index (χ1n) is 6.48. The van der Waals surface area contributed by atoms with Crippen LogP contribution in [0.15, 0.2) is 24.3 Å². The minimum Gasteiger partial charge on any atom is -0.479 e. The number of halogens is 1. The molecule has 1 aromatic rings. The Labute approximate surface area is 121 Å². The number of nitrogens with one attached hydrogen (secondary N) is 1. The number of aliphatic carboxylic acids is 1. The molecule has 0 bridgehead atoms. The summed E-state index contributed by atoms with van der Waals surface area (Å²) >= 11 is 5.77. The number of carboxylic acid groups (broad SMARTS) is 1. The summed E-state index contributed by atoms with van der Waals surface area (Å²) in [4.78, 5) is 23.3. The molecule has 0 radical (unpaired) electrons. The van der Waals surface area contributed by atoms with Gasteiger partial charge in [-0.2, -0.15) is 0 Å². The summed E-state index contributed by atoms with van der Waals surface area (Å²) in [6.07, 6.45) is 1.91. The van der Waals surface area contributed by atoms with E-state index in [2.05, 4.69) is 5.32 Å². The van der Waals surface area contributed by atoms with Gasteiger partial charge in [0, 0.05) is 11.6 Å². The van der Waals surface area contributed by atoms with E-state index >= 15 is 0 Å². The predicted molar refractivity (Wildman–Crippen MR) is 73.6 cm³/mol. The lowest BCUT2D eigenvalue weighted by molar-refractivity contribution is -0.145. The third kappa shape index (κ3) is 3.71. The molecule has 5 nitrogen and oxygen atoms in total. The van der Waals surface area contributed by atoms with Crippen LogP contribution < -0.4 is 5.32 Å². The molecule has 1 heterocycles. The van der Waals surface area contributed by atoms with Gasteiger partial charge in [0.1, 0.15) is 6.10 Å². The van der Waals surface area contributed by atoms with E-state index in [1.54, 1.807) is 24.3 Å². The molecule has 1 aromatic carbocycles. The van der Waals surface area contributed by atoms with Crippen molar-refractivity contribution in [1.29, 1.82) is 0 Å². The van der Waals surface area contributed by atoms with Gasteiger partial charge in [-0.05, 0) is 37.0 Å². The topological polar surface area (TPSA) is 75.6 Å². The van der Waals surface area contributed by atoms with Gasteiger partial charge in [-0.15, -0.1) is 0 Å². The Morgan fingerprint density at radius 2 is 2.00 bits per heavy atom. The molecular formula is C14H16ClNO4. The molecule has 1 saturated heterocycles. The third-order valence-electron chi connectivity index (χ3n) is 3.21. The van der Waals surface area contributed by atoms with E-state index in [1.165, 1.54) is 0 Å². The van der Waals surface area contributed by atoms with Crippen molar-refractivity contribution in [1.82, 2.24) is 5.32 Å². The number of amides is 1. The second-order valence-corrected chi connectivity index (χ2v) is 5.12. The van der Waals surface area contributed by atoms with Crippen LogP contribution in [0.25, 0.3) is 0 Å². The molecular weight excluding hydrogens is 282 g/mol. The Morgan fingerprint density at radius 1 is 1.30 bits per heavy atom. The average molecular weight is 298 g/mol. The van der Waals surface area contributed by atoms with Gasteiger partial charge in [-0.1, -0.05) is 23.7 Å². The summed E-state index contributed by atoms with van der Waals surface area (Å²) in [7, 11) is 0. The van der Waals surface area contributed by atoms with Crippen LogP contribution in [0.4, 0.5) is 0 Å². The Bertz CT molecular complexity index is 482. The molecule has 1 aliphatic heterocycles. The summed E-state index contributed by atoms with van der Waals surface area (Å²) in [6, 6.07) is 5.27. The Kier molecular flexibility index (Phi) is 4.98. The second kappa shape index (κ2) is 6.72. The van der Waals surface area contributed by atoms with Crippen molar-refractivity contribution >= 4 is 23.5 Å². The number of carbonyl (C=O) groups is 2. The van der Waals surface area contributed by atoms with Gasteiger partial charge in [0.15, 0.2) is 6.04 Å². The van der Waals surface area contributed by atoms with E-state index in [0.717, 1.165) is 12.8 Å². The number of carbonyl (C=O) groups excluding carboxylic acids is 1. The zero-order valence-corrected chi connectivity index (χ0v) is 11.6. The molecule has 1 amide bonds. The van der Waals surface area contributed by atoms with Crippen molar-refractivity contribution in [2.24, 2.45) is 0 Å². The van der Waals surface area contributed by atoms with Gasteiger partial charge < -0.3 is 15.2 Å². The second-order valence-electron chi connectivity index (χ2n) is 4.69. The maximum Gasteiger partial charge on any atom is 0.330 e. The molecule has 0 aliphatic carbocycles. The predicted octanol–water partition coefficient (Wildman–Crippen LogP) is 2.15. The Morgan fingerprint density at radius 3 is 2.55 bits per heavy atom. The lowest BCUT2D eigenvalue weighted by Crippen LogP contribution is -2.42. The summed E-state index contributed by atoms with van der Waals surface area (Å²) in [5.74, 6) is -1.50. The van der Waals surface area contributed by atoms with Crippen molar-refractivity contribution in [3.63, 3.8) is 0 Å². The van der Waals surface area contributed by atoms with Crippen LogP contribution in [0.2, 0.25) is 5.02 Å². The third-order valence-corrected chi connectivity index (χ3v) is 3.46. The minimum absolute atomic E-state index is 0.382. The van der Waals surface area contributed by atoms with Crippen LogP contribution in [0, 0.1) is 0 Å². The van der Waals surface area contributed by atoms with Crippen molar-refractivity contribution in [2.45, 2.75) is 31.4 Å². The fourth-order valence-electron chi connectivity index (χ4n) is 2.13. The fourth-order valence-corrected chi connectivity index (χ4v) is 2.25. The molecule has 2 N–H and O–H groups in total. The number of ether oxygens (including phenoxy) is 1. The van der Waals surface area contributed by atoms with Gasteiger partial charge in [-0.3, -0.25) is 4.79 Å². The first kappa shape index (κ1) is 14.8. The smallest absolute Gasteiger partial charge is 0.330 e. The van der Waals surface area contributed by atoms with Crippen LogP contribution in [0.5, 0.6) is 0 Å². The zero-order valence-electron chi connectivity index (χ0n) is 10.8. The Balaban J connectivity index is 2.07. The molecule has 108 valence electrons. The highest BCUT2D eigenvalue weighted by Crippen LogP contribution is 2.19. The first-order chi connectivity index (χ1) is 9.58. The molecule has 2 rings (SSSR count). The molecule has 1 fully saturated rings. The fraction of sp³-hybridized carbons (Fsp3) is 0.429. The van der Waals surface area contributed by atoms with Crippen LogP contribution in [-0.4, -0.2) is 29.7 Å². The van der Waals surface area contributed by atoms with Crippen LogP contribution in [0.1, 0.15) is 30.9 Å². The normalized spacial score (nSPS) is 20.1. The number of carboxylic acids is 1. The SMILES string of the molecule is O=C(NC(C(=O)O)c1ccc(Cl)cc1)C1CCCCO1. The highest BCUT2D eigenvalue weighted by molar-refractivity contribution is 6.30. The average Bonchev–Trinajstić information content (AvgIpc) is 2.46. The molecule has 2 unspecified atom stereocenters. The molecule has 0 saturated carbocycles. The quantitative estimate of drug-likeness (QED) is 0.893. The van der Waals surface area contributed by atoms with Crippen LogP contribution in [0.3, 0.4) is 0 Å². The van der Waals surface area contributed by atoms with Gasteiger partial charge in [0.05, 0.1) is 0 Å². The molecule has 2 atom stereocenters. The van der Waals surface area contributed by atoms with E-state index < -0.39 is 18.1 Å². The Hall–Kier alpha value is -1.59. The van der Waals surface area contributed by atoms with Gasteiger partial charge in [-0.25, -0.2) is 4.79 Å². The van der Waals surface area contributed by atoms with E-state index in [9.17, 15) is 14.7 Å². The molecule has 6 heteroatoms. The summed E-state index contributed by atoms with van der Waals surface area (Å²) in [5.41, 5.74) is 0.478. The van der Waals surface area contributed by atoms with Crippen LogP contribution in [-0.2, 0) is 14.3 Å². The molecule has 0 spiro atoms. The van der Waals surface area contributed by atoms with Crippen LogP contribution >= 0.6 is 11.6 Å². The summed E-state index contributed by atoms with van der Waals surface area (Å²) in [6.45, 7) is 0.538. The van der Waals surface area contributed by atoms with E-state index in [4.69, 9.17) is 16.3 Å².